The second-order valence-corrected chi connectivity index (χ2v) is 25.3. The summed E-state index contributed by atoms with van der Waals surface area (Å²) in [5.41, 5.74) is 3.05. The van der Waals surface area contributed by atoms with Crippen LogP contribution in [0.2, 0.25) is 0 Å². The van der Waals surface area contributed by atoms with Crippen molar-refractivity contribution in [1.29, 1.82) is 0 Å². The van der Waals surface area contributed by atoms with E-state index >= 15 is 14.4 Å². The molecule has 2 atom stereocenters. The minimum atomic E-state index is -1.42. The van der Waals surface area contributed by atoms with Crippen LogP contribution in [0.1, 0.15) is 77.1 Å². The Balaban J connectivity index is 0.853. The van der Waals surface area contributed by atoms with Crippen molar-refractivity contribution in [3.05, 3.63) is 315 Å². The van der Waals surface area contributed by atoms with Crippen LogP contribution in [0.3, 0.4) is 0 Å². The largest absolute Gasteiger partial charge is 0.475 e. The highest BCUT2D eigenvalue weighted by molar-refractivity contribution is 8.06. The second kappa shape index (κ2) is 27.3. The smallest absolute Gasteiger partial charge is 0.413 e. The molecule has 1 fully saturated rings. The molecule has 4 heterocycles. The highest BCUT2D eigenvalue weighted by Crippen LogP contribution is 2.46. The first-order chi connectivity index (χ1) is 44.4. The number of anilines is 1. The molecule has 19 heteroatoms. The van der Waals surface area contributed by atoms with Gasteiger partial charge in [-0.2, -0.15) is 9.90 Å². The normalized spacial score (nSPS) is 15.1. The van der Waals surface area contributed by atoms with E-state index in [2.05, 4.69) is 52.0 Å². The van der Waals surface area contributed by atoms with Gasteiger partial charge < -0.3 is 24.4 Å². The van der Waals surface area contributed by atoms with Crippen LogP contribution in [0.15, 0.2) is 270 Å². The molecule has 0 saturated carbocycles. The van der Waals surface area contributed by atoms with Crippen LogP contribution >= 0.6 is 34.9 Å². The average Bonchev–Trinajstić information content (AvgIpc) is 1.53. The van der Waals surface area contributed by atoms with Gasteiger partial charge in [0.25, 0.3) is 17.7 Å². The first-order valence-corrected chi connectivity index (χ1v) is 32.4. The Labute approximate surface area is 539 Å². The third-order valence-electron chi connectivity index (χ3n) is 15.2. The van der Waals surface area contributed by atoms with Gasteiger partial charge in [-0.05, 0) is 48.6 Å². The second-order valence-electron chi connectivity index (χ2n) is 22.2. The Morgan fingerprint density at radius 2 is 1.13 bits per heavy atom. The molecule has 0 aliphatic carbocycles. The Morgan fingerprint density at radius 3 is 1.62 bits per heavy atom. The molecule has 2 aliphatic rings. The number of hydrogen-bond donors (Lipinski definition) is 2. The number of ether oxygens (including phenoxy) is 3. The molecular formula is C72H62N8O8S3. The molecule has 10 aromatic rings. The number of esters is 1. The summed E-state index contributed by atoms with van der Waals surface area (Å²) in [4.78, 5) is 73.7. The monoisotopic (exact) mass is 1260 g/mol. The quantitative estimate of drug-likeness (QED) is 0.0163. The third kappa shape index (κ3) is 13.0. The number of fused-ring (bicyclic) bond motifs is 1. The van der Waals surface area contributed by atoms with E-state index in [-0.39, 0.29) is 40.5 Å². The summed E-state index contributed by atoms with van der Waals surface area (Å²) < 4.78 is 18.4. The zero-order chi connectivity index (χ0) is 62.8. The number of thioether (sulfide) groups is 2. The van der Waals surface area contributed by atoms with Crippen LogP contribution in [0.5, 0.6) is 5.88 Å². The molecule has 0 bridgehead atoms. The van der Waals surface area contributed by atoms with Gasteiger partial charge in [0.2, 0.25) is 5.60 Å². The highest BCUT2D eigenvalue weighted by Gasteiger charge is 2.55. The van der Waals surface area contributed by atoms with Crippen LogP contribution in [-0.4, -0.2) is 89.6 Å². The van der Waals surface area contributed by atoms with Gasteiger partial charge in [0.1, 0.15) is 34.6 Å². The number of nitrogens with zero attached hydrogens (tertiary/aromatic N) is 6. The van der Waals surface area contributed by atoms with E-state index in [4.69, 9.17) is 34.4 Å². The predicted molar refractivity (Wildman–Crippen MR) is 354 cm³/mol. The summed E-state index contributed by atoms with van der Waals surface area (Å²) in [7, 11) is 0. The number of rotatable bonds is 22. The van der Waals surface area contributed by atoms with Crippen molar-refractivity contribution in [2.45, 2.75) is 55.0 Å². The summed E-state index contributed by atoms with van der Waals surface area (Å²) in [5, 5.41) is 21.1. The maximum Gasteiger partial charge on any atom is 0.413 e. The molecular weight excluding hydrogens is 1200 g/mol. The molecule has 12 rings (SSSR count). The number of hydrogen-bond acceptors (Lipinski definition) is 15. The van der Waals surface area contributed by atoms with Crippen LogP contribution in [0, 0.1) is 0 Å². The Hall–Kier alpha value is -10.1. The summed E-state index contributed by atoms with van der Waals surface area (Å²) in [6.45, 7) is 5.38. The molecule has 2 N–H and O–H groups in total. The standard InChI is InChI=1S/C72H62N8O8S3/c1-70(2,3)87-69(84)76-68-74-57(47-91-68)60(78-88-72(54-38-22-9-23-39-54,55-40-24-10-25-41-55)56-42-26-11-27-43-56)64(81)75-61-65(82)79-62(67(83)86-63(49-28-12-4-13-29-49)50-30-14-5-15-31-50)58(48-90-66(61)79)89-45-44-85-59-46-73-80(77-59)71(51-32-16-6-17-33-51,52-34-18-7-19-35-52)53-36-20-8-21-37-53/h4-43,46-47,61,63,66H,44-45,48H2,1-3H3,(H,75,81)(H,74,76,84)/b78-60-/t61-,66-/m1/s1. The van der Waals surface area contributed by atoms with Gasteiger partial charge in [0.15, 0.2) is 22.5 Å². The van der Waals surface area contributed by atoms with E-state index < -0.39 is 58.1 Å². The maximum absolute atomic E-state index is 15.2. The molecule has 3 amide bonds. The number of benzene rings is 8. The number of oxime groups is 1. The van der Waals surface area contributed by atoms with E-state index in [9.17, 15) is 4.79 Å². The van der Waals surface area contributed by atoms with Crippen LogP contribution in [-0.2, 0) is 39.8 Å². The van der Waals surface area contributed by atoms with Crippen molar-refractivity contribution >= 4 is 69.6 Å². The topological polar surface area (TPSA) is 188 Å². The maximum atomic E-state index is 15.2. The number of aromatic nitrogens is 4. The molecule has 0 unspecified atom stereocenters. The van der Waals surface area contributed by atoms with Gasteiger partial charge in [-0.3, -0.25) is 19.8 Å². The van der Waals surface area contributed by atoms with E-state index in [0.29, 0.717) is 27.3 Å². The van der Waals surface area contributed by atoms with Gasteiger partial charge >= 0.3 is 12.1 Å². The minimum Gasteiger partial charge on any atom is -0.475 e. The fourth-order valence-corrected chi connectivity index (χ4v) is 14.3. The van der Waals surface area contributed by atoms with E-state index in [1.807, 2.05) is 206 Å². The highest BCUT2D eigenvalue weighted by atomic mass is 32.2. The molecule has 1 saturated heterocycles. The number of amides is 3. The number of nitrogens with one attached hydrogen (secondary N) is 2. The van der Waals surface area contributed by atoms with Crippen molar-refractivity contribution in [2.24, 2.45) is 5.16 Å². The van der Waals surface area contributed by atoms with Gasteiger partial charge in [0, 0.05) is 38.5 Å². The van der Waals surface area contributed by atoms with Crippen molar-refractivity contribution < 1.29 is 38.2 Å². The van der Waals surface area contributed by atoms with Gasteiger partial charge in [-0.1, -0.05) is 248 Å². The molecule has 456 valence electrons. The molecule has 2 aromatic heterocycles. The molecule has 91 heavy (non-hydrogen) atoms. The minimum absolute atomic E-state index is 0.0416. The lowest BCUT2D eigenvalue weighted by molar-refractivity contribution is -0.154. The number of carbonyl (C=O) groups is 4. The number of β-lactam (4-membered cyclic amide) rings is 1. The molecule has 0 radical (unpaired) electrons. The lowest BCUT2D eigenvalue weighted by Crippen LogP contribution is -2.71. The Bertz CT molecular complexity index is 3970. The zero-order valence-electron chi connectivity index (χ0n) is 49.8. The van der Waals surface area contributed by atoms with Crippen LogP contribution in [0.25, 0.3) is 0 Å². The van der Waals surface area contributed by atoms with Gasteiger partial charge in [-0.15, -0.1) is 40.0 Å². The number of carbonyl (C=O) groups excluding carboxylic acids is 4. The summed E-state index contributed by atoms with van der Waals surface area (Å²) in [6, 6.07) is 76.5. The van der Waals surface area contributed by atoms with Gasteiger partial charge in [-0.25, -0.2) is 14.6 Å². The SMILES string of the molecule is CC(C)(C)OC(=O)Nc1nc(/C(=N/OC(c2ccccc2)(c2ccccc2)c2ccccc2)C(=O)N[C@@H]2C(=O)N3C(C(=O)OC(c4ccccc4)c4ccccc4)=C(SCCOc4cnn(C(c5ccccc5)(c5ccccc5)c5ccccc5)n4)CS[C@H]23)cs1. The molecule has 8 aromatic carbocycles. The molecule has 16 nitrogen and oxygen atoms in total. The average molecular weight is 1260 g/mol. The van der Waals surface area contributed by atoms with Crippen molar-refractivity contribution in [3.8, 4) is 5.88 Å². The van der Waals surface area contributed by atoms with E-state index in [0.717, 1.165) is 39.2 Å². The molecule has 0 spiro atoms. The van der Waals surface area contributed by atoms with Crippen LogP contribution in [0.4, 0.5) is 9.93 Å². The lowest BCUT2D eigenvalue weighted by atomic mass is 9.77. The van der Waals surface area contributed by atoms with Crippen molar-refractivity contribution in [1.82, 2.24) is 30.2 Å². The summed E-state index contributed by atoms with van der Waals surface area (Å²) >= 11 is 3.79. The summed E-state index contributed by atoms with van der Waals surface area (Å²) in [6.07, 6.45) is 0.0127. The van der Waals surface area contributed by atoms with Crippen molar-refractivity contribution in [3.63, 3.8) is 0 Å². The first-order valence-electron chi connectivity index (χ1n) is 29.4. The molecule has 2 aliphatic heterocycles. The zero-order valence-corrected chi connectivity index (χ0v) is 52.2. The van der Waals surface area contributed by atoms with Crippen molar-refractivity contribution in [2.75, 3.05) is 23.4 Å². The van der Waals surface area contributed by atoms with Gasteiger partial charge in [0.05, 0.1) is 6.61 Å². The lowest BCUT2D eigenvalue weighted by Gasteiger charge is -2.49. The fraction of sp³-hybridized carbons (Fsp3) is 0.167. The Morgan fingerprint density at radius 1 is 0.659 bits per heavy atom. The predicted octanol–water partition coefficient (Wildman–Crippen LogP) is 13.4. The Kier molecular flexibility index (Phi) is 18.4. The third-order valence-corrected chi connectivity index (χ3v) is 18.5. The summed E-state index contributed by atoms with van der Waals surface area (Å²) in [5.74, 6) is -1.20. The van der Waals surface area contributed by atoms with E-state index in [1.165, 1.54) is 28.4 Å². The number of thiazole rings is 1. The first kappa shape index (κ1) is 61.2. The van der Waals surface area contributed by atoms with Crippen LogP contribution < -0.4 is 15.4 Å². The fourth-order valence-electron chi connectivity index (χ4n) is 11.1. The van der Waals surface area contributed by atoms with E-state index in [1.54, 1.807) is 37.1 Å².